The molecule has 0 unspecified atom stereocenters. The molecule has 0 amide bonds. The van der Waals surface area contributed by atoms with Crippen molar-refractivity contribution in [1.82, 2.24) is 9.78 Å². The number of halogens is 2. The highest BCUT2D eigenvalue weighted by Crippen LogP contribution is 2.23. The van der Waals surface area contributed by atoms with Crippen molar-refractivity contribution in [2.75, 3.05) is 0 Å². The number of hydrogen-bond acceptors (Lipinski definition) is 3. The number of aryl methyl sites for hydroxylation is 1. The molecule has 1 aromatic heterocycles. The molecule has 0 bridgehead atoms. The second kappa shape index (κ2) is 5.71. The summed E-state index contributed by atoms with van der Waals surface area (Å²) < 4.78 is 2.53. The second-order valence-electron chi connectivity index (χ2n) is 4.12. The van der Waals surface area contributed by atoms with E-state index >= 15 is 0 Å². The summed E-state index contributed by atoms with van der Waals surface area (Å²) in [5.41, 5.74) is 2.38. The van der Waals surface area contributed by atoms with Crippen molar-refractivity contribution in [3.05, 3.63) is 55.8 Å². The first-order valence-electron chi connectivity index (χ1n) is 5.53. The summed E-state index contributed by atoms with van der Waals surface area (Å²) in [6.45, 7) is 2.42. The predicted molar refractivity (Wildman–Crippen MR) is 76.4 cm³/mol. The minimum Gasteiger partial charge on any atom is -0.264 e. The van der Waals surface area contributed by atoms with Gasteiger partial charge in [0.1, 0.15) is 4.60 Å². The highest BCUT2D eigenvalue weighted by molar-refractivity contribution is 9.10. The zero-order valence-corrected chi connectivity index (χ0v) is 12.5. The van der Waals surface area contributed by atoms with Gasteiger partial charge in [-0.1, -0.05) is 12.1 Å². The van der Waals surface area contributed by atoms with Crippen LogP contribution in [0.15, 0.2) is 28.9 Å². The van der Waals surface area contributed by atoms with Crippen LogP contribution in [0.25, 0.3) is 0 Å². The maximum atomic E-state index is 11.0. The predicted octanol–water partition coefficient (Wildman–Crippen LogP) is 3.65. The summed E-state index contributed by atoms with van der Waals surface area (Å²) in [4.78, 5) is 10.6. The van der Waals surface area contributed by atoms with Crippen molar-refractivity contribution in [1.29, 1.82) is 0 Å². The van der Waals surface area contributed by atoms with E-state index in [0.717, 1.165) is 15.9 Å². The van der Waals surface area contributed by atoms with Crippen LogP contribution < -0.4 is 0 Å². The van der Waals surface area contributed by atoms with E-state index in [-0.39, 0.29) is 11.6 Å². The van der Waals surface area contributed by atoms with Gasteiger partial charge in [0.15, 0.2) is 0 Å². The molecule has 0 atom stereocenters. The lowest BCUT2D eigenvalue weighted by Gasteiger charge is -2.06. The van der Waals surface area contributed by atoms with E-state index in [1.807, 2.05) is 19.1 Å². The number of aromatic nitrogens is 2. The Morgan fingerprint density at radius 3 is 2.74 bits per heavy atom. The van der Waals surface area contributed by atoms with Crippen LogP contribution >= 0.6 is 27.5 Å². The standard InChI is InChI=1S/C12H11BrClN3O2/c1-8-4-12(13)15-16(8)7-9-2-3-10(6-14)11(5-9)17(18)19/h2-5H,6-7H2,1H3. The molecule has 0 fully saturated rings. The Balaban J connectivity index is 2.33. The molecule has 5 nitrogen and oxygen atoms in total. The van der Waals surface area contributed by atoms with Crippen molar-refractivity contribution in [2.45, 2.75) is 19.3 Å². The van der Waals surface area contributed by atoms with Gasteiger partial charge in [-0.3, -0.25) is 14.8 Å². The first kappa shape index (κ1) is 14.0. The van der Waals surface area contributed by atoms with Crippen LogP contribution in [0.5, 0.6) is 0 Å². The van der Waals surface area contributed by atoms with Crippen molar-refractivity contribution < 1.29 is 4.92 Å². The van der Waals surface area contributed by atoms with Gasteiger partial charge in [0, 0.05) is 17.3 Å². The topological polar surface area (TPSA) is 61.0 Å². The van der Waals surface area contributed by atoms with E-state index in [9.17, 15) is 10.1 Å². The minimum atomic E-state index is -0.410. The number of nitro groups is 1. The normalized spacial score (nSPS) is 10.7. The maximum Gasteiger partial charge on any atom is 0.274 e. The number of benzene rings is 1. The fraction of sp³-hybridized carbons (Fsp3) is 0.250. The van der Waals surface area contributed by atoms with E-state index in [0.29, 0.717) is 12.1 Å². The smallest absolute Gasteiger partial charge is 0.264 e. The van der Waals surface area contributed by atoms with Gasteiger partial charge in [-0.05, 0) is 34.5 Å². The molecule has 0 N–H and O–H groups in total. The van der Waals surface area contributed by atoms with Gasteiger partial charge in [0.25, 0.3) is 5.69 Å². The third-order valence-corrected chi connectivity index (χ3v) is 3.45. The Morgan fingerprint density at radius 1 is 1.47 bits per heavy atom. The largest absolute Gasteiger partial charge is 0.274 e. The average Bonchev–Trinajstić information content (AvgIpc) is 2.67. The molecular formula is C12H11BrClN3O2. The molecule has 0 spiro atoms. The van der Waals surface area contributed by atoms with E-state index in [2.05, 4.69) is 21.0 Å². The number of rotatable bonds is 4. The zero-order valence-electron chi connectivity index (χ0n) is 10.1. The van der Waals surface area contributed by atoms with Crippen LogP contribution in [0.3, 0.4) is 0 Å². The molecule has 7 heteroatoms. The van der Waals surface area contributed by atoms with Gasteiger partial charge in [-0.2, -0.15) is 5.10 Å². The second-order valence-corrected chi connectivity index (χ2v) is 5.20. The average molecular weight is 345 g/mol. The Hall–Kier alpha value is -1.40. The van der Waals surface area contributed by atoms with Gasteiger partial charge < -0.3 is 0 Å². The maximum absolute atomic E-state index is 11.0. The fourth-order valence-corrected chi connectivity index (χ4v) is 2.54. The van der Waals surface area contributed by atoms with Crippen molar-refractivity contribution in [2.24, 2.45) is 0 Å². The first-order chi connectivity index (χ1) is 9.01. The summed E-state index contributed by atoms with van der Waals surface area (Å²) >= 11 is 8.99. The Labute approximate surface area is 123 Å². The van der Waals surface area contributed by atoms with E-state index < -0.39 is 4.92 Å². The van der Waals surface area contributed by atoms with E-state index in [1.165, 1.54) is 0 Å². The number of nitro benzene ring substituents is 1. The van der Waals surface area contributed by atoms with Crippen LogP contribution in [0, 0.1) is 17.0 Å². The third kappa shape index (κ3) is 3.13. The van der Waals surface area contributed by atoms with E-state index in [1.54, 1.807) is 16.8 Å². The number of nitrogens with zero attached hydrogens (tertiary/aromatic N) is 3. The van der Waals surface area contributed by atoms with Crippen molar-refractivity contribution >= 4 is 33.2 Å². The summed E-state index contributed by atoms with van der Waals surface area (Å²) in [5, 5.41) is 15.2. The molecule has 0 aliphatic carbocycles. The summed E-state index contributed by atoms with van der Waals surface area (Å²) in [7, 11) is 0. The molecule has 19 heavy (non-hydrogen) atoms. The summed E-state index contributed by atoms with van der Waals surface area (Å²) in [6.07, 6.45) is 0. The molecule has 2 rings (SSSR count). The third-order valence-electron chi connectivity index (χ3n) is 2.77. The van der Waals surface area contributed by atoms with Gasteiger partial charge in [-0.15, -0.1) is 11.6 Å². The monoisotopic (exact) mass is 343 g/mol. The van der Waals surface area contributed by atoms with Gasteiger partial charge in [0.2, 0.25) is 0 Å². The minimum absolute atomic E-state index is 0.0522. The Morgan fingerprint density at radius 2 is 2.21 bits per heavy atom. The lowest BCUT2D eigenvalue weighted by atomic mass is 10.1. The zero-order chi connectivity index (χ0) is 14.0. The number of hydrogen-bond donors (Lipinski definition) is 0. The van der Waals surface area contributed by atoms with Crippen molar-refractivity contribution in [3.63, 3.8) is 0 Å². The molecule has 0 radical (unpaired) electrons. The molecule has 0 saturated carbocycles. The quantitative estimate of drug-likeness (QED) is 0.483. The van der Waals surface area contributed by atoms with Crippen LogP contribution in [-0.4, -0.2) is 14.7 Å². The van der Waals surface area contributed by atoms with Gasteiger partial charge in [0.05, 0.1) is 17.3 Å². The van der Waals surface area contributed by atoms with E-state index in [4.69, 9.17) is 11.6 Å². The van der Waals surface area contributed by atoms with Crippen LogP contribution in [-0.2, 0) is 12.4 Å². The molecule has 2 aromatic rings. The summed E-state index contributed by atoms with van der Waals surface area (Å²) in [5.74, 6) is 0.128. The Kier molecular flexibility index (Phi) is 4.21. The highest BCUT2D eigenvalue weighted by Gasteiger charge is 2.14. The molecular weight excluding hydrogens is 334 g/mol. The van der Waals surface area contributed by atoms with Crippen LogP contribution in [0.4, 0.5) is 5.69 Å². The SMILES string of the molecule is Cc1cc(Br)nn1Cc1ccc(CCl)c([N+](=O)[O-])c1. The Bertz CT molecular complexity index is 627. The fourth-order valence-electron chi connectivity index (χ4n) is 1.79. The van der Waals surface area contributed by atoms with Gasteiger partial charge in [-0.25, -0.2) is 0 Å². The lowest BCUT2D eigenvalue weighted by molar-refractivity contribution is -0.385. The highest BCUT2D eigenvalue weighted by atomic mass is 79.9. The number of alkyl halides is 1. The van der Waals surface area contributed by atoms with Crippen molar-refractivity contribution in [3.8, 4) is 0 Å². The summed E-state index contributed by atoms with van der Waals surface area (Å²) in [6, 6.07) is 6.96. The lowest BCUT2D eigenvalue weighted by Crippen LogP contribution is -2.05. The van der Waals surface area contributed by atoms with Crippen LogP contribution in [0.1, 0.15) is 16.8 Å². The van der Waals surface area contributed by atoms with Gasteiger partial charge >= 0.3 is 0 Å². The molecule has 1 heterocycles. The molecule has 0 aliphatic rings. The van der Waals surface area contributed by atoms with Crippen LogP contribution in [0.2, 0.25) is 0 Å². The molecule has 0 aliphatic heterocycles. The molecule has 100 valence electrons. The molecule has 0 saturated heterocycles. The first-order valence-corrected chi connectivity index (χ1v) is 6.86. The molecule has 1 aromatic carbocycles.